The highest BCUT2D eigenvalue weighted by atomic mass is 19.1. The normalized spacial score (nSPS) is 17.0. The summed E-state index contributed by atoms with van der Waals surface area (Å²) in [5.74, 6) is -0.278. The molecule has 5 heteroatoms. The van der Waals surface area contributed by atoms with Crippen molar-refractivity contribution in [3.8, 4) is 0 Å². The molecule has 1 aliphatic heterocycles. The second-order valence-electron chi connectivity index (χ2n) is 6.34. The van der Waals surface area contributed by atoms with Crippen molar-refractivity contribution in [1.29, 1.82) is 0 Å². The second kappa shape index (κ2) is 7.73. The average molecular weight is 329 g/mol. The van der Waals surface area contributed by atoms with Gasteiger partial charge in [-0.05, 0) is 49.6 Å². The van der Waals surface area contributed by atoms with E-state index in [0.29, 0.717) is 12.2 Å². The Balaban J connectivity index is 1.57. The predicted octanol–water partition coefficient (Wildman–Crippen LogP) is 3.03. The molecule has 0 bridgehead atoms. The summed E-state index contributed by atoms with van der Waals surface area (Å²) in [6.45, 7) is 4.26. The summed E-state index contributed by atoms with van der Waals surface area (Å²) in [7, 11) is 0. The van der Waals surface area contributed by atoms with Gasteiger partial charge in [0.2, 0.25) is 0 Å². The van der Waals surface area contributed by atoms with Gasteiger partial charge >= 0.3 is 0 Å². The van der Waals surface area contributed by atoms with Crippen LogP contribution in [0.2, 0.25) is 0 Å². The number of aliphatic hydroxyl groups is 1. The third-order valence-corrected chi connectivity index (χ3v) is 4.63. The fourth-order valence-electron chi connectivity index (χ4n) is 3.01. The van der Waals surface area contributed by atoms with Crippen LogP contribution in [-0.2, 0) is 6.54 Å². The maximum Gasteiger partial charge on any atom is 0.146 e. The SMILES string of the molecule is CC(NCc1ncccc1F)c1ccc(N2CCC(O)CC2)cc1. The third-order valence-electron chi connectivity index (χ3n) is 4.63. The molecule has 0 saturated carbocycles. The van der Waals surface area contributed by atoms with E-state index in [1.165, 1.54) is 11.8 Å². The molecule has 1 saturated heterocycles. The molecule has 0 radical (unpaired) electrons. The molecule has 128 valence electrons. The summed E-state index contributed by atoms with van der Waals surface area (Å²) >= 11 is 0. The molecule has 0 spiro atoms. The van der Waals surface area contributed by atoms with Crippen LogP contribution in [0.5, 0.6) is 0 Å². The molecule has 4 nitrogen and oxygen atoms in total. The Kier molecular flexibility index (Phi) is 5.43. The molecule has 2 heterocycles. The zero-order chi connectivity index (χ0) is 16.9. The first kappa shape index (κ1) is 16.9. The molecule has 0 aliphatic carbocycles. The number of rotatable bonds is 5. The number of hydrogen-bond donors (Lipinski definition) is 2. The minimum absolute atomic E-state index is 0.114. The van der Waals surface area contributed by atoms with Crippen molar-refractivity contribution < 1.29 is 9.50 Å². The molecule has 1 unspecified atom stereocenters. The fraction of sp³-hybridized carbons (Fsp3) is 0.421. The van der Waals surface area contributed by atoms with E-state index in [0.717, 1.165) is 31.5 Å². The molecule has 1 aliphatic rings. The van der Waals surface area contributed by atoms with Gasteiger partial charge in [0.1, 0.15) is 5.82 Å². The van der Waals surface area contributed by atoms with Crippen molar-refractivity contribution in [3.63, 3.8) is 0 Å². The summed E-state index contributed by atoms with van der Waals surface area (Å²) in [6.07, 6.45) is 3.11. The monoisotopic (exact) mass is 329 g/mol. The molecule has 24 heavy (non-hydrogen) atoms. The molecule has 2 N–H and O–H groups in total. The first-order chi connectivity index (χ1) is 11.6. The second-order valence-corrected chi connectivity index (χ2v) is 6.34. The van der Waals surface area contributed by atoms with Crippen LogP contribution in [0.3, 0.4) is 0 Å². The van der Waals surface area contributed by atoms with Crippen molar-refractivity contribution in [2.24, 2.45) is 0 Å². The molecule has 1 aromatic carbocycles. The Morgan fingerprint density at radius 1 is 1.25 bits per heavy atom. The fourth-order valence-corrected chi connectivity index (χ4v) is 3.01. The van der Waals surface area contributed by atoms with Crippen molar-refractivity contribution in [2.45, 2.75) is 38.5 Å². The Bertz CT molecular complexity index is 654. The van der Waals surface area contributed by atoms with Crippen LogP contribution in [-0.4, -0.2) is 29.3 Å². The van der Waals surface area contributed by atoms with Gasteiger partial charge in [-0.3, -0.25) is 4.98 Å². The highest BCUT2D eigenvalue weighted by Gasteiger charge is 2.17. The first-order valence-corrected chi connectivity index (χ1v) is 8.49. The predicted molar refractivity (Wildman–Crippen MR) is 93.3 cm³/mol. The number of anilines is 1. The molecule has 1 atom stereocenters. The van der Waals surface area contributed by atoms with E-state index in [2.05, 4.69) is 46.4 Å². The van der Waals surface area contributed by atoms with Gasteiger partial charge in [0.25, 0.3) is 0 Å². The van der Waals surface area contributed by atoms with Crippen LogP contribution in [0.4, 0.5) is 10.1 Å². The molecule has 3 rings (SSSR count). The minimum Gasteiger partial charge on any atom is -0.393 e. The van der Waals surface area contributed by atoms with Gasteiger partial charge in [-0.1, -0.05) is 12.1 Å². The highest BCUT2D eigenvalue weighted by Crippen LogP contribution is 2.22. The Labute approximate surface area is 142 Å². The number of aliphatic hydroxyl groups excluding tert-OH is 1. The van der Waals surface area contributed by atoms with Gasteiger partial charge in [-0.15, -0.1) is 0 Å². The van der Waals surface area contributed by atoms with Crippen molar-refractivity contribution in [1.82, 2.24) is 10.3 Å². The summed E-state index contributed by atoms with van der Waals surface area (Å²) in [4.78, 5) is 6.36. The lowest BCUT2D eigenvalue weighted by atomic mass is 10.0. The number of piperidine rings is 1. The number of pyridine rings is 1. The molecular formula is C19H24FN3O. The molecule has 1 fully saturated rings. The summed E-state index contributed by atoms with van der Waals surface area (Å²) in [5.41, 5.74) is 2.79. The summed E-state index contributed by atoms with van der Waals surface area (Å²) < 4.78 is 13.6. The van der Waals surface area contributed by atoms with Gasteiger partial charge in [0, 0.05) is 37.6 Å². The number of nitrogens with zero attached hydrogens (tertiary/aromatic N) is 2. The average Bonchev–Trinajstić information content (AvgIpc) is 2.62. The van der Waals surface area contributed by atoms with Gasteiger partial charge < -0.3 is 15.3 Å². The van der Waals surface area contributed by atoms with Crippen LogP contribution in [0.1, 0.15) is 37.1 Å². The van der Waals surface area contributed by atoms with Gasteiger partial charge in [0.15, 0.2) is 0 Å². The Morgan fingerprint density at radius 2 is 1.96 bits per heavy atom. The standard InChI is InChI=1S/C19H24FN3O/c1-14(22-13-19-18(20)3-2-10-21-19)15-4-6-16(7-5-15)23-11-8-17(24)9-12-23/h2-7,10,14,17,22,24H,8-9,11-13H2,1H3. The number of halogens is 1. The summed E-state index contributed by atoms with van der Waals surface area (Å²) in [5, 5.41) is 12.9. The molecule has 0 amide bonds. The van der Waals surface area contributed by atoms with Gasteiger partial charge in [-0.2, -0.15) is 0 Å². The lowest BCUT2D eigenvalue weighted by molar-refractivity contribution is 0.145. The lowest BCUT2D eigenvalue weighted by Crippen LogP contribution is -2.35. The summed E-state index contributed by atoms with van der Waals surface area (Å²) in [6, 6.07) is 11.6. The maximum atomic E-state index is 13.6. The van der Waals surface area contributed by atoms with E-state index in [1.54, 1.807) is 12.3 Å². The Hall–Kier alpha value is -1.98. The van der Waals surface area contributed by atoms with E-state index in [1.807, 2.05) is 0 Å². The van der Waals surface area contributed by atoms with Gasteiger partial charge in [0.05, 0.1) is 11.8 Å². The van der Waals surface area contributed by atoms with Crippen molar-refractivity contribution in [3.05, 3.63) is 59.7 Å². The van der Waals surface area contributed by atoms with Crippen LogP contribution in [0, 0.1) is 5.82 Å². The van der Waals surface area contributed by atoms with Crippen molar-refractivity contribution in [2.75, 3.05) is 18.0 Å². The van der Waals surface area contributed by atoms with Crippen LogP contribution >= 0.6 is 0 Å². The van der Waals surface area contributed by atoms with Crippen LogP contribution in [0.15, 0.2) is 42.6 Å². The lowest BCUT2D eigenvalue weighted by Gasteiger charge is -2.31. The maximum absolute atomic E-state index is 13.6. The number of aromatic nitrogens is 1. The van der Waals surface area contributed by atoms with E-state index in [4.69, 9.17) is 0 Å². The van der Waals surface area contributed by atoms with Gasteiger partial charge in [-0.25, -0.2) is 4.39 Å². The zero-order valence-electron chi connectivity index (χ0n) is 14.0. The third kappa shape index (κ3) is 4.10. The number of benzene rings is 1. The highest BCUT2D eigenvalue weighted by molar-refractivity contribution is 5.48. The Morgan fingerprint density at radius 3 is 2.62 bits per heavy atom. The smallest absolute Gasteiger partial charge is 0.146 e. The van der Waals surface area contributed by atoms with E-state index in [9.17, 15) is 9.50 Å². The molecule has 2 aromatic rings. The van der Waals surface area contributed by atoms with Crippen LogP contribution in [0.25, 0.3) is 0 Å². The number of nitrogens with one attached hydrogen (secondary N) is 1. The zero-order valence-corrected chi connectivity index (χ0v) is 14.0. The topological polar surface area (TPSA) is 48.4 Å². The minimum atomic E-state index is -0.278. The van der Waals surface area contributed by atoms with E-state index < -0.39 is 0 Å². The molecular weight excluding hydrogens is 305 g/mol. The van der Waals surface area contributed by atoms with Crippen molar-refractivity contribution >= 4 is 5.69 Å². The van der Waals surface area contributed by atoms with E-state index >= 15 is 0 Å². The largest absolute Gasteiger partial charge is 0.393 e. The van der Waals surface area contributed by atoms with Crippen LogP contribution < -0.4 is 10.2 Å². The quantitative estimate of drug-likeness (QED) is 0.885. The van der Waals surface area contributed by atoms with E-state index in [-0.39, 0.29) is 18.0 Å². The first-order valence-electron chi connectivity index (χ1n) is 8.49. The molecule has 1 aromatic heterocycles. The number of hydrogen-bond acceptors (Lipinski definition) is 4.